The standard InChI is InChI=1S/C23H27N5O/c1-15(2)13-22(29)26-19-9-11-20(12-10-19)27-23-24-17(4)14-21(28-23)25-18-7-5-16(3)6-8-18/h5-12,14-15H,13H2,1-4H3,(H,26,29)(H2,24,25,27,28). The van der Waals surface area contributed by atoms with Crippen molar-refractivity contribution in [3.05, 3.63) is 65.9 Å². The molecule has 2 aromatic carbocycles. The summed E-state index contributed by atoms with van der Waals surface area (Å²) in [5.74, 6) is 1.59. The Labute approximate surface area is 171 Å². The summed E-state index contributed by atoms with van der Waals surface area (Å²) in [7, 11) is 0. The minimum Gasteiger partial charge on any atom is -0.340 e. The van der Waals surface area contributed by atoms with E-state index in [4.69, 9.17) is 0 Å². The van der Waals surface area contributed by atoms with Crippen molar-refractivity contribution in [2.75, 3.05) is 16.0 Å². The maximum Gasteiger partial charge on any atom is 0.229 e. The molecule has 0 saturated heterocycles. The molecule has 3 rings (SSSR count). The SMILES string of the molecule is Cc1ccc(Nc2cc(C)nc(Nc3ccc(NC(=O)CC(C)C)cc3)n2)cc1. The number of rotatable bonds is 7. The Kier molecular flexibility index (Phi) is 6.44. The van der Waals surface area contributed by atoms with Crippen LogP contribution < -0.4 is 16.0 Å². The molecule has 150 valence electrons. The van der Waals surface area contributed by atoms with Gasteiger partial charge in [0.05, 0.1) is 0 Å². The van der Waals surface area contributed by atoms with Gasteiger partial charge < -0.3 is 16.0 Å². The highest BCUT2D eigenvalue weighted by atomic mass is 16.1. The van der Waals surface area contributed by atoms with Crippen LogP contribution in [0, 0.1) is 19.8 Å². The highest BCUT2D eigenvalue weighted by Gasteiger charge is 2.07. The van der Waals surface area contributed by atoms with Gasteiger partial charge in [0, 0.05) is 35.2 Å². The van der Waals surface area contributed by atoms with Crippen molar-refractivity contribution >= 4 is 34.7 Å². The molecular weight excluding hydrogens is 362 g/mol. The molecule has 0 radical (unpaired) electrons. The third kappa shape index (κ3) is 6.31. The maximum atomic E-state index is 11.9. The Morgan fingerprint density at radius 1 is 0.862 bits per heavy atom. The first-order valence-corrected chi connectivity index (χ1v) is 9.74. The molecule has 29 heavy (non-hydrogen) atoms. The van der Waals surface area contributed by atoms with Gasteiger partial charge in [0.1, 0.15) is 5.82 Å². The van der Waals surface area contributed by atoms with Crippen LogP contribution >= 0.6 is 0 Å². The van der Waals surface area contributed by atoms with E-state index in [1.807, 2.05) is 63.2 Å². The summed E-state index contributed by atoms with van der Waals surface area (Å²) in [4.78, 5) is 20.9. The summed E-state index contributed by atoms with van der Waals surface area (Å²) in [6.45, 7) is 8.04. The summed E-state index contributed by atoms with van der Waals surface area (Å²) in [5.41, 5.74) is 4.66. The molecule has 3 N–H and O–H groups in total. The van der Waals surface area contributed by atoms with Crippen LogP contribution in [0.15, 0.2) is 54.6 Å². The zero-order valence-corrected chi connectivity index (χ0v) is 17.3. The number of benzene rings is 2. The topological polar surface area (TPSA) is 78.9 Å². The number of anilines is 5. The molecule has 1 amide bonds. The van der Waals surface area contributed by atoms with Gasteiger partial charge in [-0.2, -0.15) is 4.98 Å². The van der Waals surface area contributed by atoms with E-state index in [1.54, 1.807) is 0 Å². The number of amides is 1. The van der Waals surface area contributed by atoms with Gasteiger partial charge in [0.25, 0.3) is 0 Å². The number of aryl methyl sites for hydroxylation is 2. The van der Waals surface area contributed by atoms with Gasteiger partial charge in [-0.1, -0.05) is 31.5 Å². The molecule has 1 aromatic heterocycles. The predicted octanol–water partition coefficient (Wildman–Crippen LogP) is 5.57. The van der Waals surface area contributed by atoms with Crippen LogP contribution in [0.4, 0.5) is 28.8 Å². The third-order valence-electron chi connectivity index (χ3n) is 4.20. The van der Waals surface area contributed by atoms with E-state index in [9.17, 15) is 4.79 Å². The molecule has 0 bridgehead atoms. The molecule has 3 aromatic rings. The molecule has 0 unspecified atom stereocenters. The smallest absolute Gasteiger partial charge is 0.229 e. The Hall–Kier alpha value is -3.41. The fourth-order valence-electron chi connectivity index (χ4n) is 2.82. The molecule has 6 heteroatoms. The van der Waals surface area contributed by atoms with Gasteiger partial charge in [-0.25, -0.2) is 4.98 Å². The number of hydrogen-bond donors (Lipinski definition) is 3. The Morgan fingerprint density at radius 3 is 2.10 bits per heavy atom. The van der Waals surface area contributed by atoms with Crippen molar-refractivity contribution < 1.29 is 4.79 Å². The highest BCUT2D eigenvalue weighted by Crippen LogP contribution is 2.21. The van der Waals surface area contributed by atoms with E-state index in [0.29, 0.717) is 18.3 Å². The number of hydrogen-bond acceptors (Lipinski definition) is 5. The molecule has 0 aliphatic carbocycles. The minimum absolute atomic E-state index is 0.0227. The van der Waals surface area contributed by atoms with Crippen molar-refractivity contribution in [3.8, 4) is 0 Å². The Morgan fingerprint density at radius 2 is 1.45 bits per heavy atom. The molecule has 0 aliphatic heterocycles. The van der Waals surface area contributed by atoms with Crippen LogP contribution in [0.5, 0.6) is 0 Å². The lowest BCUT2D eigenvalue weighted by Crippen LogP contribution is -2.13. The minimum atomic E-state index is 0.0227. The van der Waals surface area contributed by atoms with Crippen LogP contribution in [0.2, 0.25) is 0 Å². The molecule has 0 spiro atoms. The monoisotopic (exact) mass is 389 g/mol. The van der Waals surface area contributed by atoms with Crippen LogP contribution in [0.1, 0.15) is 31.5 Å². The molecular formula is C23H27N5O. The van der Waals surface area contributed by atoms with Crippen molar-refractivity contribution in [1.82, 2.24) is 9.97 Å². The zero-order chi connectivity index (χ0) is 20.8. The van der Waals surface area contributed by atoms with Gasteiger partial charge in [0.2, 0.25) is 11.9 Å². The predicted molar refractivity (Wildman–Crippen MR) is 119 cm³/mol. The van der Waals surface area contributed by atoms with Crippen molar-refractivity contribution in [1.29, 1.82) is 0 Å². The van der Waals surface area contributed by atoms with Gasteiger partial charge >= 0.3 is 0 Å². The van der Waals surface area contributed by atoms with E-state index < -0.39 is 0 Å². The van der Waals surface area contributed by atoms with Crippen LogP contribution in [0.25, 0.3) is 0 Å². The largest absolute Gasteiger partial charge is 0.340 e. The molecule has 0 aliphatic rings. The van der Waals surface area contributed by atoms with E-state index in [0.717, 1.165) is 28.6 Å². The molecule has 1 heterocycles. The number of carbonyl (C=O) groups excluding carboxylic acids is 1. The second-order valence-corrected chi connectivity index (χ2v) is 7.56. The summed E-state index contributed by atoms with van der Waals surface area (Å²) in [5, 5.41) is 9.43. The summed E-state index contributed by atoms with van der Waals surface area (Å²) >= 11 is 0. The average Bonchev–Trinajstić information content (AvgIpc) is 2.64. The van der Waals surface area contributed by atoms with Crippen LogP contribution in [0.3, 0.4) is 0 Å². The van der Waals surface area contributed by atoms with Crippen LogP contribution in [-0.4, -0.2) is 15.9 Å². The van der Waals surface area contributed by atoms with Crippen LogP contribution in [-0.2, 0) is 4.79 Å². The van der Waals surface area contributed by atoms with Crippen molar-refractivity contribution in [2.24, 2.45) is 5.92 Å². The molecule has 0 saturated carbocycles. The normalized spacial score (nSPS) is 10.7. The first kappa shape index (κ1) is 20.3. The van der Waals surface area contributed by atoms with Gasteiger partial charge in [-0.05, 0) is 56.2 Å². The van der Waals surface area contributed by atoms with E-state index in [2.05, 4.69) is 45.0 Å². The lowest BCUT2D eigenvalue weighted by Gasteiger charge is -2.11. The summed E-state index contributed by atoms with van der Waals surface area (Å²) in [6, 6.07) is 17.6. The highest BCUT2D eigenvalue weighted by molar-refractivity contribution is 5.91. The summed E-state index contributed by atoms with van der Waals surface area (Å²) in [6.07, 6.45) is 0.508. The number of carbonyl (C=O) groups is 1. The molecule has 6 nitrogen and oxygen atoms in total. The first-order chi connectivity index (χ1) is 13.9. The van der Waals surface area contributed by atoms with Crippen molar-refractivity contribution in [3.63, 3.8) is 0 Å². The maximum absolute atomic E-state index is 11.9. The molecule has 0 fully saturated rings. The average molecular weight is 390 g/mol. The Bertz CT molecular complexity index is 966. The number of aromatic nitrogens is 2. The fourth-order valence-corrected chi connectivity index (χ4v) is 2.82. The quantitative estimate of drug-likeness (QED) is 0.493. The second kappa shape index (κ2) is 9.19. The zero-order valence-electron chi connectivity index (χ0n) is 17.3. The lowest BCUT2D eigenvalue weighted by atomic mass is 10.1. The number of nitrogens with one attached hydrogen (secondary N) is 3. The Balaban J connectivity index is 1.67. The van der Waals surface area contributed by atoms with Crippen molar-refractivity contribution in [2.45, 2.75) is 34.1 Å². The first-order valence-electron chi connectivity index (χ1n) is 9.74. The van der Waals surface area contributed by atoms with E-state index >= 15 is 0 Å². The fraction of sp³-hybridized carbons (Fsp3) is 0.261. The van der Waals surface area contributed by atoms with Gasteiger partial charge in [-0.3, -0.25) is 4.79 Å². The van der Waals surface area contributed by atoms with Gasteiger partial charge in [0.15, 0.2) is 0 Å². The second-order valence-electron chi connectivity index (χ2n) is 7.56. The van der Waals surface area contributed by atoms with E-state index in [-0.39, 0.29) is 5.91 Å². The van der Waals surface area contributed by atoms with Gasteiger partial charge in [-0.15, -0.1) is 0 Å². The third-order valence-corrected chi connectivity index (χ3v) is 4.20. The summed E-state index contributed by atoms with van der Waals surface area (Å²) < 4.78 is 0. The lowest BCUT2D eigenvalue weighted by molar-refractivity contribution is -0.116. The van der Waals surface area contributed by atoms with E-state index in [1.165, 1.54) is 5.56 Å². The number of nitrogens with zero attached hydrogens (tertiary/aromatic N) is 2. The molecule has 0 atom stereocenters.